The Bertz CT molecular complexity index is 588. The van der Waals surface area contributed by atoms with Crippen molar-refractivity contribution in [2.75, 3.05) is 24.2 Å². The Morgan fingerprint density at radius 2 is 2.05 bits per heavy atom. The summed E-state index contributed by atoms with van der Waals surface area (Å²) in [7, 11) is 0. The van der Waals surface area contributed by atoms with Crippen molar-refractivity contribution >= 4 is 23.3 Å². The molecule has 4 N–H and O–H groups in total. The molecule has 0 aliphatic heterocycles. The quantitative estimate of drug-likeness (QED) is 0.229. The SMILES string of the molecule is CCOC(=O)CCN/C=C(/C#N)C(=O)Nc1ccc(N)cc1. The minimum absolute atomic E-state index is 0.0966. The van der Waals surface area contributed by atoms with E-state index in [0.717, 1.165) is 0 Å². The summed E-state index contributed by atoms with van der Waals surface area (Å²) in [6.45, 7) is 2.32. The first kappa shape index (κ1) is 17.0. The zero-order valence-electron chi connectivity index (χ0n) is 12.3. The van der Waals surface area contributed by atoms with Crippen molar-refractivity contribution in [3.63, 3.8) is 0 Å². The zero-order chi connectivity index (χ0) is 16.4. The second-order valence-corrected chi connectivity index (χ2v) is 4.26. The van der Waals surface area contributed by atoms with Crippen LogP contribution >= 0.6 is 0 Å². The van der Waals surface area contributed by atoms with Crippen LogP contribution in [0.25, 0.3) is 0 Å². The molecule has 1 aromatic carbocycles. The van der Waals surface area contributed by atoms with E-state index in [2.05, 4.69) is 10.6 Å². The van der Waals surface area contributed by atoms with E-state index in [4.69, 9.17) is 15.7 Å². The minimum Gasteiger partial charge on any atom is -0.466 e. The van der Waals surface area contributed by atoms with Gasteiger partial charge in [0.2, 0.25) is 0 Å². The van der Waals surface area contributed by atoms with Crippen LogP contribution in [0.5, 0.6) is 0 Å². The van der Waals surface area contributed by atoms with E-state index >= 15 is 0 Å². The highest BCUT2D eigenvalue weighted by Crippen LogP contribution is 2.11. The van der Waals surface area contributed by atoms with Gasteiger partial charge in [0.05, 0.1) is 13.0 Å². The number of esters is 1. The van der Waals surface area contributed by atoms with E-state index in [9.17, 15) is 9.59 Å². The third kappa shape index (κ3) is 5.96. The van der Waals surface area contributed by atoms with Crippen LogP contribution in [0.3, 0.4) is 0 Å². The number of carbonyl (C=O) groups is 2. The number of nitrogens with one attached hydrogen (secondary N) is 2. The molecule has 0 unspecified atom stereocenters. The van der Waals surface area contributed by atoms with Gasteiger partial charge in [0.1, 0.15) is 11.6 Å². The van der Waals surface area contributed by atoms with Crippen molar-refractivity contribution in [1.82, 2.24) is 5.32 Å². The predicted molar refractivity (Wildman–Crippen MR) is 82.4 cm³/mol. The first-order chi connectivity index (χ1) is 10.6. The molecule has 0 heterocycles. The van der Waals surface area contributed by atoms with Gasteiger partial charge in [-0.3, -0.25) is 9.59 Å². The fraction of sp³-hybridized carbons (Fsp3) is 0.267. The van der Waals surface area contributed by atoms with Gasteiger partial charge in [-0.15, -0.1) is 0 Å². The summed E-state index contributed by atoms with van der Waals surface area (Å²) in [5.41, 5.74) is 6.56. The number of nitrogens with two attached hydrogens (primary N) is 1. The van der Waals surface area contributed by atoms with Gasteiger partial charge >= 0.3 is 5.97 Å². The Morgan fingerprint density at radius 1 is 1.36 bits per heavy atom. The molecule has 0 bridgehead atoms. The average Bonchev–Trinajstić information content (AvgIpc) is 2.50. The largest absolute Gasteiger partial charge is 0.466 e. The molecule has 0 atom stereocenters. The van der Waals surface area contributed by atoms with Crippen LogP contribution in [0, 0.1) is 11.3 Å². The Hall–Kier alpha value is -3.01. The summed E-state index contributed by atoms with van der Waals surface area (Å²) < 4.78 is 4.76. The van der Waals surface area contributed by atoms with Gasteiger partial charge in [-0.05, 0) is 31.2 Å². The Kier molecular flexibility index (Phi) is 6.99. The summed E-state index contributed by atoms with van der Waals surface area (Å²) in [4.78, 5) is 23.0. The van der Waals surface area contributed by atoms with E-state index in [1.165, 1.54) is 6.20 Å². The average molecular weight is 302 g/mol. The van der Waals surface area contributed by atoms with Gasteiger partial charge in [-0.2, -0.15) is 5.26 Å². The standard InChI is InChI=1S/C15H18N4O3/c1-2-22-14(20)7-8-18-10-11(9-16)15(21)19-13-5-3-12(17)4-6-13/h3-6,10,18H,2,7-8,17H2,1H3,(H,19,21)/b11-10-. The molecule has 7 heteroatoms. The fourth-order valence-corrected chi connectivity index (χ4v) is 1.50. The molecule has 0 aliphatic carbocycles. The molecule has 1 amide bonds. The molecule has 0 aliphatic rings. The maximum atomic E-state index is 11.9. The number of amides is 1. The molecule has 0 saturated carbocycles. The smallest absolute Gasteiger partial charge is 0.307 e. The molecule has 1 rings (SSSR count). The van der Waals surface area contributed by atoms with Crippen molar-refractivity contribution in [2.24, 2.45) is 0 Å². The van der Waals surface area contributed by atoms with Gasteiger partial charge in [0.15, 0.2) is 0 Å². The topological polar surface area (TPSA) is 117 Å². The second kappa shape index (κ2) is 9.02. The van der Waals surface area contributed by atoms with Crippen LogP contribution in [-0.2, 0) is 14.3 Å². The number of benzene rings is 1. The number of hydrogen-bond donors (Lipinski definition) is 3. The Labute approximate surface area is 128 Å². The molecular weight excluding hydrogens is 284 g/mol. The number of carbonyl (C=O) groups excluding carboxylic acids is 2. The second-order valence-electron chi connectivity index (χ2n) is 4.26. The molecule has 22 heavy (non-hydrogen) atoms. The van der Waals surface area contributed by atoms with E-state index in [1.54, 1.807) is 37.3 Å². The van der Waals surface area contributed by atoms with Crippen LogP contribution in [-0.4, -0.2) is 25.0 Å². The van der Waals surface area contributed by atoms with Crippen LogP contribution in [0.4, 0.5) is 11.4 Å². The molecular formula is C15H18N4O3. The van der Waals surface area contributed by atoms with Gasteiger partial charge in [-0.1, -0.05) is 0 Å². The lowest BCUT2D eigenvalue weighted by atomic mass is 10.2. The number of rotatable bonds is 7. The number of nitrogens with zero attached hydrogens (tertiary/aromatic N) is 1. The molecule has 7 nitrogen and oxygen atoms in total. The van der Waals surface area contributed by atoms with E-state index in [1.807, 2.05) is 0 Å². The zero-order valence-corrected chi connectivity index (χ0v) is 12.3. The van der Waals surface area contributed by atoms with E-state index < -0.39 is 5.91 Å². The van der Waals surface area contributed by atoms with Crippen molar-refractivity contribution in [1.29, 1.82) is 5.26 Å². The van der Waals surface area contributed by atoms with Gasteiger partial charge in [0.25, 0.3) is 5.91 Å². The van der Waals surface area contributed by atoms with Crippen LogP contribution in [0.2, 0.25) is 0 Å². The number of nitriles is 1. The highest BCUT2D eigenvalue weighted by atomic mass is 16.5. The number of anilines is 2. The van der Waals surface area contributed by atoms with E-state index in [0.29, 0.717) is 18.0 Å². The number of nitrogen functional groups attached to an aromatic ring is 1. The highest BCUT2D eigenvalue weighted by Gasteiger charge is 2.09. The number of hydrogen-bond acceptors (Lipinski definition) is 6. The van der Waals surface area contributed by atoms with Crippen LogP contribution < -0.4 is 16.4 Å². The summed E-state index contributed by atoms with van der Waals surface area (Å²) >= 11 is 0. The molecule has 0 radical (unpaired) electrons. The van der Waals surface area contributed by atoms with Gasteiger partial charge < -0.3 is 21.1 Å². The lowest BCUT2D eigenvalue weighted by Crippen LogP contribution is -2.19. The molecule has 0 spiro atoms. The highest BCUT2D eigenvalue weighted by molar-refractivity contribution is 6.06. The lowest BCUT2D eigenvalue weighted by molar-refractivity contribution is -0.142. The summed E-state index contributed by atoms with van der Waals surface area (Å²) in [6, 6.07) is 8.35. The third-order valence-electron chi connectivity index (χ3n) is 2.56. The predicted octanol–water partition coefficient (Wildman–Crippen LogP) is 1.16. The minimum atomic E-state index is -0.545. The lowest BCUT2D eigenvalue weighted by Gasteiger charge is -2.05. The Morgan fingerprint density at radius 3 is 2.64 bits per heavy atom. The summed E-state index contributed by atoms with van der Waals surface area (Å²) in [5.74, 6) is -0.885. The Balaban J connectivity index is 2.50. The first-order valence-electron chi connectivity index (χ1n) is 6.73. The van der Waals surface area contributed by atoms with Crippen LogP contribution in [0.15, 0.2) is 36.0 Å². The van der Waals surface area contributed by atoms with Crippen LogP contribution in [0.1, 0.15) is 13.3 Å². The normalized spacial score (nSPS) is 10.5. The monoisotopic (exact) mass is 302 g/mol. The third-order valence-corrected chi connectivity index (χ3v) is 2.56. The number of ether oxygens (including phenoxy) is 1. The summed E-state index contributed by atoms with van der Waals surface area (Å²) in [6.07, 6.45) is 1.43. The first-order valence-corrected chi connectivity index (χ1v) is 6.73. The van der Waals surface area contributed by atoms with Crippen molar-refractivity contribution < 1.29 is 14.3 Å². The van der Waals surface area contributed by atoms with Gasteiger partial charge in [-0.25, -0.2) is 0 Å². The van der Waals surface area contributed by atoms with E-state index in [-0.39, 0.29) is 24.5 Å². The van der Waals surface area contributed by atoms with Crippen molar-refractivity contribution in [2.45, 2.75) is 13.3 Å². The maximum Gasteiger partial charge on any atom is 0.307 e. The summed E-state index contributed by atoms with van der Waals surface area (Å²) in [5, 5.41) is 14.3. The van der Waals surface area contributed by atoms with Gasteiger partial charge in [0, 0.05) is 24.1 Å². The molecule has 1 aromatic rings. The fourth-order valence-electron chi connectivity index (χ4n) is 1.50. The van der Waals surface area contributed by atoms with Crippen molar-refractivity contribution in [3.8, 4) is 6.07 Å². The molecule has 116 valence electrons. The molecule has 0 fully saturated rings. The van der Waals surface area contributed by atoms with Crippen molar-refractivity contribution in [3.05, 3.63) is 36.0 Å². The molecule has 0 aromatic heterocycles. The molecule has 0 saturated heterocycles. The maximum absolute atomic E-state index is 11.9.